The summed E-state index contributed by atoms with van der Waals surface area (Å²) in [5, 5.41) is 2.72. The van der Waals surface area contributed by atoms with Crippen LogP contribution >= 0.6 is 36.6 Å². The van der Waals surface area contributed by atoms with Gasteiger partial charge in [-0.1, -0.05) is 0 Å². The molecule has 5 N–H and O–H groups in total. The van der Waals surface area contributed by atoms with Crippen LogP contribution in [0.1, 0.15) is 6.92 Å². The van der Waals surface area contributed by atoms with Crippen molar-refractivity contribution >= 4 is 53.9 Å². The number of ether oxygens (including phenoxy) is 1. The minimum Gasteiger partial charge on any atom is -0.495 e. The molecule has 8 heteroatoms. The largest absolute Gasteiger partial charge is 0.495 e. The van der Waals surface area contributed by atoms with E-state index < -0.39 is 0 Å². The van der Waals surface area contributed by atoms with E-state index in [9.17, 15) is 4.79 Å². The molecule has 0 aliphatic rings. The van der Waals surface area contributed by atoms with E-state index in [0.717, 1.165) is 10.6 Å². The lowest BCUT2D eigenvalue weighted by atomic mass is 10.2. The SMILES string of the molecule is COc1cc(SCCNC(C)=O)c(N)cc1N.Cl.Cl. The number of methoxy groups -OCH3 is 1. The molecule has 0 saturated carbocycles. The monoisotopic (exact) mass is 327 g/mol. The minimum absolute atomic E-state index is 0. The predicted molar refractivity (Wildman–Crippen MR) is 85.7 cm³/mol. The zero-order chi connectivity index (χ0) is 12.8. The van der Waals surface area contributed by atoms with Crippen LogP contribution in [0, 0.1) is 0 Å². The van der Waals surface area contributed by atoms with Gasteiger partial charge in [0, 0.05) is 29.8 Å². The molecule has 1 aromatic rings. The Kier molecular flexibility index (Phi) is 10.6. The van der Waals surface area contributed by atoms with Crippen molar-refractivity contribution in [3.05, 3.63) is 12.1 Å². The number of amides is 1. The summed E-state index contributed by atoms with van der Waals surface area (Å²) in [6.45, 7) is 2.09. The lowest BCUT2D eigenvalue weighted by Gasteiger charge is -2.10. The highest BCUT2D eigenvalue weighted by Gasteiger charge is 2.06. The van der Waals surface area contributed by atoms with E-state index in [0.29, 0.717) is 23.7 Å². The number of carbonyl (C=O) groups excluding carboxylic acids is 1. The van der Waals surface area contributed by atoms with Crippen LogP contribution in [0.2, 0.25) is 0 Å². The van der Waals surface area contributed by atoms with Crippen molar-refractivity contribution in [2.24, 2.45) is 0 Å². The molecule has 0 aromatic heterocycles. The fourth-order valence-electron chi connectivity index (χ4n) is 1.29. The Morgan fingerprint density at radius 3 is 2.47 bits per heavy atom. The number of nitrogens with two attached hydrogens (primary N) is 2. The number of nitrogen functional groups attached to an aromatic ring is 2. The van der Waals surface area contributed by atoms with Gasteiger partial charge < -0.3 is 21.5 Å². The Balaban J connectivity index is 0. The van der Waals surface area contributed by atoms with Gasteiger partial charge in [-0.25, -0.2) is 0 Å². The Morgan fingerprint density at radius 2 is 1.95 bits per heavy atom. The van der Waals surface area contributed by atoms with Crippen LogP contribution in [-0.2, 0) is 4.79 Å². The van der Waals surface area contributed by atoms with Crippen molar-refractivity contribution in [2.45, 2.75) is 11.8 Å². The van der Waals surface area contributed by atoms with E-state index >= 15 is 0 Å². The first kappa shape index (κ1) is 20.3. The third-order valence-electron chi connectivity index (χ3n) is 2.10. The summed E-state index contributed by atoms with van der Waals surface area (Å²) >= 11 is 1.55. The molecule has 0 bridgehead atoms. The van der Waals surface area contributed by atoms with E-state index in [1.807, 2.05) is 6.07 Å². The van der Waals surface area contributed by atoms with Gasteiger partial charge in [-0.3, -0.25) is 4.79 Å². The van der Waals surface area contributed by atoms with E-state index in [-0.39, 0.29) is 30.7 Å². The van der Waals surface area contributed by atoms with Gasteiger partial charge in [0.15, 0.2) is 0 Å². The maximum atomic E-state index is 10.7. The number of halogens is 2. The number of carbonyl (C=O) groups is 1. The third kappa shape index (κ3) is 6.66. The van der Waals surface area contributed by atoms with Crippen LogP contribution < -0.4 is 21.5 Å². The molecular weight excluding hydrogens is 309 g/mol. The molecule has 5 nitrogen and oxygen atoms in total. The van der Waals surface area contributed by atoms with Gasteiger partial charge in [0.2, 0.25) is 5.91 Å². The van der Waals surface area contributed by atoms with Crippen molar-refractivity contribution in [1.82, 2.24) is 5.32 Å². The summed E-state index contributed by atoms with van der Waals surface area (Å²) < 4.78 is 5.12. The summed E-state index contributed by atoms with van der Waals surface area (Å²) in [5.41, 5.74) is 12.7. The second-order valence-corrected chi connectivity index (χ2v) is 4.60. The lowest BCUT2D eigenvalue weighted by Crippen LogP contribution is -2.22. The molecule has 1 amide bonds. The van der Waals surface area contributed by atoms with E-state index in [1.165, 1.54) is 6.92 Å². The smallest absolute Gasteiger partial charge is 0.216 e. The fraction of sp³-hybridized carbons (Fsp3) is 0.364. The Hall–Kier alpha value is -0.980. The van der Waals surface area contributed by atoms with Gasteiger partial charge in [-0.05, 0) is 12.1 Å². The van der Waals surface area contributed by atoms with Gasteiger partial charge in [0.05, 0.1) is 12.8 Å². The number of benzene rings is 1. The molecule has 110 valence electrons. The van der Waals surface area contributed by atoms with Crippen molar-refractivity contribution in [3.63, 3.8) is 0 Å². The Labute approximate surface area is 129 Å². The molecule has 19 heavy (non-hydrogen) atoms. The van der Waals surface area contributed by atoms with Crippen molar-refractivity contribution in [2.75, 3.05) is 30.9 Å². The summed E-state index contributed by atoms with van der Waals surface area (Å²) in [4.78, 5) is 11.6. The molecule has 0 spiro atoms. The van der Waals surface area contributed by atoms with Crippen LogP contribution in [0.4, 0.5) is 11.4 Å². The fourth-order valence-corrected chi connectivity index (χ4v) is 2.13. The molecule has 0 saturated heterocycles. The van der Waals surface area contributed by atoms with E-state index in [2.05, 4.69) is 5.32 Å². The summed E-state index contributed by atoms with van der Waals surface area (Å²) in [5.74, 6) is 1.33. The first-order chi connectivity index (χ1) is 8.04. The van der Waals surface area contributed by atoms with Crippen molar-refractivity contribution < 1.29 is 9.53 Å². The molecular formula is C11H19Cl2N3O2S. The zero-order valence-corrected chi connectivity index (χ0v) is 13.2. The first-order valence-corrected chi connectivity index (χ1v) is 6.13. The lowest BCUT2D eigenvalue weighted by molar-refractivity contribution is -0.118. The van der Waals surface area contributed by atoms with Gasteiger partial charge in [0.25, 0.3) is 0 Å². The standard InChI is InChI=1S/C11H17N3O2S.2ClH/c1-7(15)14-3-4-17-11-6-10(16-2)8(12)5-9(11)13;;/h5-6H,3-4,12-13H2,1-2H3,(H,14,15);2*1H. The van der Waals surface area contributed by atoms with Crippen LogP contribution in [0.25, 0.3) is 0 Å². The predicted octanol–water partition coefficient (Wildman–Crippen LogP) is 1.93. The normalized spacial score (nSPS) is 8.95. The molecule has 0 aliphatic heterocycles. The highest BCUT2D eigenvalue weighted by molar-refractivity contribution is 7.99. The highest BCUT2D eigenvalue weighted by atomic mass is 35.5. The van der Waals surface area contributed by atoms with Crippen LogP contribution in [0.5, 0.6) is 5.75 Å². The maximum absolute atomic E-state index is 10.7. The molecule has 0 heterocycles. The van der Waals surface area contributed by atoms with Crippen LogP contribution in [0.15, 0.2) is 17.0 Å². The number of hydrogen-bond acceptors (Lipinski definition) is 5. The van der Waals surface area contributed by atoms with Gasteiger partial charge in [-0.2, -0.15) is 0 Å². The minimum atomic E-state index is -0.0338. The number of thioether (sulfide) groups is 1. The molecule has 1 rings (SSSR count). The first-order valence-electron chi connectivity index (χ1n) is 5.14. The molecule has 0 fully saturated rings. The van der Waals surface area contributed by atoms with Gasteiger partial charge >= 0.3 is 0 Å². The maximum Gasteiger partial charge on any atom is 0.216 e. The van der Waals surface area contributed by atoms with Gasteiger partial charge in [0.1, 0.15) is 5.75 Å². The van der Waals surface area contributed by atoms with Crippen molar-refractivity contribution in [1.29, 1.82) is 0 Å². The molecule has 0 aliphatic carbocycles. The second-order valence-electron chi connectivity index (χ2n) is 3.46. The van der Waals surface area contributed by atoms with Crippen molar-refractivity contribution in [3.8, 4) is 5.75 Å². The zero-order valence-electron chi connectivity index (χ0n) is 10.8. The number of anilines is 2. The Morgan fingerprint density at radius 1 is 1.32 bits per heavy atom. The summed E-state index contributed by atoms with van der Waals surface area (Å²) in [7, 11) is 1.56. The molecule has 0 atom stereocenters. The van der Waals surface area contributed by atoms with Gasteiger partial charge in [-0.15, -0.1) is 36.6 Å². The summed E-state index contributed by atoms with van der Waals surface area (Å²) in [6.07, 6.45) is 0. The van der Waals surface area contributed by atoms with E-state index in [1.54, 1.807) is 24.9 Å². The molecule has 0 unspecified atom stereocenters. The molecule has 0 radical (unpaired) electrons. The average molecular weight is 328 g/mol. The highest BCUT2D eigenvalue weighted by Crippen LogP contribution is 2.33. The Bertz CT molecular complexity index is 419. The quantitative estimate of drug-likeness (QED) is 0.436. The average Bonchev–Trinajstić information content (AvgIpc) is 2.26. The molecule has 1 aromatic carbocycles. The number of rotatable bonds is 5. The third-order valence-corrected chi connectivity index (χ3v) is 3.17. The number of nitrogens with one attached hydrogen (secondary N) is 1. The van der Waals surface area contributed by atoms with Crippen LogP contribution in [0.3, 0.4) is 0 Å². The number of hydrogen-bond donors (Lipinski definition) is 3. The second kappa shape index (κ2) is 9.89. The topological polar surface area (TPSA) is 90.4 Å². The van der Waals surface area contributed by atoms with Crippen LogP contribution in [-0.4, -0.2) is 25.3 Å². The summed E-state index contributed by atoms with van der Waals surface area (Å²) in [6, 6.07) is 3.49. The van der Waals surface area contributed by atoms with E-state index in [4.69, 9.17) is 16.2 Å².